The molecule has 3 heterocycles. The van der Waals surface area contributed by atoms with Crippen LogP contribution in [0.25, 0.3) is 22.7 Å². The summed E-state index contributed by atoms with van der Waals surface area (Å²) in [5, 5.41) is 25.0. The molecule has 210 valence electrons. The van der Waals surface area contributed by atoms with E-state index in [0.29, 0.717) is 29.6 Å². The highest BCUT2D eigenvalue weighted by atomic mass is 16.3. The summed E-state index contributed by atoms with van der Waals surface area (Å²) in [6.07, 6.45) is 6.12. The number of aromatic amines is 1. The van der Waals surface area contributed by atoms with E-state index in [-0.39, 0.29) is 11.7 Å². The number of fused-ring (bicyclic) bond motifs is 2. The number of hydrogen-bond acceptors (Lipinski definition) is 7. The van der Waals surface area contributed by atoms with E-state index in [1.807, 2.05) is 42.5 Å². The second kappa shape index (κ2) is 11.1. The molecule has 5 aromatic rings. The smallest absolute Gasteiger partial charge is 0.252 e. The number of rotatable bonds is 6. The molecule has 1 aliphatic heterocycles. The Morgan fingerprint density at radius 1 is 1.12 bits per heavy atom. The molecule has 11 nitrogen and oxygen atoms in total. The first-order valence-corrected chi connectivity index (χ1v) is 13.5. The molecule has 3 N–H and O–H groups in total. The number of nitrogens with one attached hydrogen (secondary N) is 2. The fraction of sp³-hybridized carbons (Fsp3) is 0.161. The van der Waals surface area contributed by atoms with Crippen molar-refractivity contribution in [1.82, 2.24) is 30.1 Å². The van der Waals surface area contributed by atoms with Gasteiger partial charge in [0.15, 0.2) is 0 Å². The van der Waals surface area contributed by atoms with E-state index in [1.165, 1.54) is 17.1 Å². The summed E-state index contributed by atoms with van der Waals surface area (Å²) in [4.78, 5) is 43.4. The van der Waals surface area contributed by atoms with Crippen LogP contribution in [-0.4, -0.2) is 53.6 Å². The van der Waals surface area contributed by atoms with Crippen LogP contribution in [0.2, 0.25) is 0 Å². The highest BCUT2D eigenvalue weighted by Crippen LogP contribution is 2.32. The number of H-pyrrole nitrogens is 1. The monoisotopic (exact) mass is 561 g/mol. The van der Waals surface area contributed by atoms with E-state index in [0.717, 1.165) is 40.4 Å². The number of hydrogen-bond donors (Lipinski definition) is 3. The van der Waals surface area contributed by atoms with E-state index >= 15 is 0 Å². The summed E-state index contributed by atoms with van der Waals surface area (Å²) in [6.45, 7) is 2.40. The molecule has 2 amide bonds. The van der Waals surface area contributed by atoms with Gasteiger partial charge in [0.1, 0.15) is 18.1 Å². The predicted molar refractivity (Wildman–Crippen MR) is 157 cm³/mol. The number of aromatic nitrogens is 5. The number of aromatic hydroxyl groups is 1. The van der Waals surface area contributed by atoms with Gasteiger partial charge in [0.2, 0.25) is 5.91 Å². The fourth-order valence-electron chi connectivity index (χ4n) is 5.31. The van der Waals surface area contributed by atoms with Gasteiger partial charge in [-0.1, -0.05) is 37.3 Å². The maximum atomic E-state index is 13.8. The molecule has 42 heavy (non-hydrogen) atoms. The summed E-state index contributed by atoms with van der Waals surface area (Å²) >= 11 is 0. The standard InChI is InChI=1S/C31H27N7O4/c1-2-19-7-11-26(38-18-32-35-36-38)21(15-19)8-12-29(41)37-14-13-20-5-3-4-6-23(20)30(37)31(42)33-22-9-10-25-24(16-22)27(39)17-28(40)34-25/h3-12,15-18,30H,2,13-14H2,1H3,(H,33,42)(H2,34,39,40)/b12-8+. The van der Waals surface area contributed by atoms with E-state index in [4.69, 9.17) is 0 Å². The molecule has 1 atom stereocenters. The zero-order chi connectivity index (χ0) is 29.2. The van der Waals surface area contributed by atoms with Crippen LogP contribution in [0.5, 0.6) is 5.75 Å². The molecule has 0 saturated heterocycles. The van der Waals surface area contributed by atoms with Crippen molar-refractivity contribution >= 4 is 34.5 Å². The minimum Gasteiger partial charge on any atom is -0.507 e. The van der Waals surface area contributed by atoms with Crippen molar-refractivity contribution in [2.24, 2.45) is 0 Å². The second-order valence-electron chi connectivity index (χ2n) is 9.99. The highest BCUT2D eigenvalue weighted by molar-refractivity contribution is 6.02. The van der Waals surface area contributed by atoms with Crippen molar-refractivity contribution in [3.63, 3.8) is 0 Å². The van der Waals surface area contributed by atoms with Gasteiger partial charge in [0.25, 0.3) is 11.5 Å². The summed E-state index contributed by atoms with van der Waals surface area (Å²) in [5.41, 5.74) is 4.76. The number of aryl methyl sites for hydroxylation is 1. The van der Waals surface area contributed by atoms with Crippen LogP contribution in [-0.2, 0) is 22.4 Å². The lowest BCUT2D eigenvalue weighted by Crippen LogP contribution is -2.44. The number of carbonyl (C=O) groups is 2. The van der Waals surface area contributed by atoms with Crippen LogP contribution in [0, 0.1) is 0 Å². The average molecular weight is 562 g/mol. The molecule has 0 spiro atoms. The molecule has 0 radical (unpaired) electrons. The molecular formula is C31H27N7O4. The lowest BCUT2D eigenvalue weighted by molar-refractivity contribution is -0.135. The van der Waals surface area contributed by atoms with Crippen molar-refractivity contribution in [3.8, 4) is 11.4 Å². The first-order valence-electron chi connectivity index (χ1n) is 13.5. The Morgan fingerprint density at radius 3 is 2.79 bits per heavy atom. The normalized spacial score (nSPS) is 14.7. The SMILES string of the molecule is CCc1ccc(-n2cnnn2)c(/C=C/C(=O)N2CCc3ccccc3C2C(=O)Nc2ccc3[nH]c(=O)cc(O)c3c2)c1. The Bertz CT molecular complexity index is 1900. The van der Waals surface area contributed by atoms with Crippen molar-refractivity contribution < 1.29 is 14.7 Å². The number of carbonyl (C=O) groups excluding carboxylic acids is 2. The van der Waals surface area contributed by atoms with E-state index in [2.05, 4.69) is 32.7 Å². The highest BCUT2D eigenvalue weighted by Gasteiger charge is 2.35. The van der Waals surface area contributed by atoms with Crippen LogP contribution in [0.15, 0.2) is 83.9 Å². The summed E-state index contributed by atoms with van der Waals surface area (Å²) in [7, 11) is 0. The Hall–Kier alpha value is -5.58. The molecule has 0 bridgehead atoms. The quantitative estimate of drug-likeness (QED) is 0.269. The number of benzene rings is 3. The Kier molecular flexibility index (Phi) is 7.05. The van der Waals surface area contributed by atoms with Crippen LogP contribution in [0.1, 0.15) is 35.2 Å². The third-order valence-electron chi connectivity index (χ3n) is 7.41. The minimum absolute atomic E-state index is 0.192. The van der Waals surface area contributed by atoms with E-state index in [1.54, 1.807) is 29.2 Å². The predicted octanol–water partition coefficient (Wildman–Crippen LogP) is 3.55. The van der Waals surface area contributed by atoms with Gasteiger partial charge in [-0.05, 0) is 76.4 Å². The van der Waals surface area contributed by atoms with Gasteiger partial charge in [-0.3, -0.25) is 14.4 Å². The number of amides is 2. The number of nitrogens with zero attached hydrogens (tertiary/aromatic N) is 5. The molecule has 0 fully saturated rings. The van der Waals surface area contributed by atoms with E-state index < -0.39 is 17.5 Å². The largest absolute Gasteiger partial charge is 0.507 e. The molecule has 11 heteroatoms. The molecule has 2 aromatic heterocycles. The van der Waals surface area contributed by atoms with Crippen molar-refractivity contribution in [3.05, 3.63) is 112 Å². The topological polar surface area (TPSA) is 146 Å². The van der Waals surface area contributed by atoms with Crippen molar-refractivity contribution in [2.45, 2.75) is 25.8 Å². The first kappa shape index (κ1) is 26.6. The van der Waals surface area contributed by atoms with Gasteiger partial charge in [-0.25, -0.2) is 0 Å². The third-order valence-corrected chi connectivity index (χ3v) is 7.41. The molecular weight excluding hydrogens is 534 g/mol. The fourth-order valence-corrected chi connectivity index (χ4v) is 5.31. The van der Waals surface area contributed by atoms with Gasteiger partial charge >= 0.3 is 0 Å². The second-order valence-corrected chi connectivity index (χ2v) is 9.99. The lowest BCUT2D eigenvalue weighted by atomic mass is 9.91. The summed E-state index contributed by atoms with van der Waals surface area (Å²) in [5.74, 6) is -0.902. The maximum Gasteiger partial charge on any atom is 0.252 e. The van der Waals surface area contributed by atoms with Gasteiger partial charge in [-0.2, -0.15) is 4.68 Å². The summed E-state index contributed by atoms with van der Waals surface area (Å²) < 4.78 is 1.54. The van der Waals surface area contributed by atoms with Gasteiger partial charge in [-0.15, -0.1) is 5.10 Å². The molecule has 3 aromatic carbocycles. The van der Waals surface area contributed by atoms with Gasteiger partial charge in [0, 0.05) is 35.3 Å². The van der Waals surface area contributed by atoms with Crippen LogP contribution in [0.3, 0.4) is 0 Å². The van der Waals surface area contributed by atoms with Crippen LogP contribution < -0.4 is 10.9 Å². The number of tetrazole rings is 1. The maximum absolute atomic E-state index is 13.8. The molecule has 0 saturated carbocycles. The van der Waals surface area contributed by atoms with E-state index in [9.17, 15) is 19.5 Å². The average Bonchev–Trinajstić information content (AvgIpc) is 3.54. The summed E-state index contributed by atoms with van der Waals surface area (Å²) in [6, 6.07) is 18.5. The minimum atomic E-state index is -0.882. The lowest BCUT2D eigenvalue weighted by Gasteiger charge is -2.35. The molecule has 6 rings (SSSR count). The Labute approximate surface area is 240 Å². The number of anilines is 1. The Morgan fingerprint density at radius 2 is 1.98 bits per heavy atom. The first-order chi connectivity index (χ1) is 20.4. The third kappa shape index (κ3) is 5.15. The molecule has 1 unspecified atom stereocenters. The van der Waals surface area contributed by atoms with Crippen LogP contribution in [0.4, 0.5) is 5.69 Å². The van der Waals surface area contributed by atoms with Crippen LogP contribution >= 0.6 is 0 Å². The van der Waals surface area contributed by atoms with Gasteiger partial charge in [0.05, 0.1) is 11.2 Å². The zero-order valence-electron chi connectivity index (χ0n) is 22.7. The Balaban J connectivity index is 1.32. The van der Waals surface area contributed by atoms with Crippen molar-refractivity contribution in [1.29, 1.82) is 0 Å². The molecule has 1 aliphatic rings. The van der Waals surface area contributed by atoms with Gasteiger partial charge < -0.3 is 20.3 Å². The van der Waals surface area contributed by atoms with Crippen molar-refractivity contribution in [2.75, 3.05) is 11.9 Å². The zero-order valence-corrected chi connectivity index (χ0v) is 22.7. The number of pyridine rings is 1. The molecule has 0 aliphatic carbocycles.